The maximum absolute atomic E-state index is 7.00. The second-order valence-electron chi connectivity index (χ2n) is 3.77. The standard InChI is InChI=1S/C7H12.C2H4O2.2CH4O/c1-2-7-4-3-6(1)5-7;1-2-4-3-1;2*1-2/h6-7H,1-5H2;1-2H2;2*2H,1H3. The first-order chi connectivity index (χ1) is 7.45. The van der Waals surface area contributed by atoms with E-state index in [0.29, 0.717) is 0 Å². The van der Waals surface area contributed by atoms with Gasteiger partial charge < -0.3 is 10.2 Å². The van der Waals surface area contributed by atoms with Crippen LogP contribution in [-0.4, -0.2) is 37.6 Å². The number of fused-ring (bicyclic) bond motifs is 2. The van der Waals surface area contributed by atoms with Gasteiger partial charge in [-0.25, -0.2) is 9.78 Å². The van der Waals surface area contributed by atoms with E-state index < -0.39 is 0 Å². The Morgan fingerprint density at radius 1 is 0.733 bits per heavy atom. The molecule has 2 saturated carbocycles. The van der Waals surface area contributed by atoms with E-state index in [2.05, 4.69) is 9.78 Å². The summed E-state index contributed by atoms with van der Waals surface area (Å²) < 4.78 is 0. The van der Waals surface area contributed by atoms with Crippen molar-refractivity contribution >= 4 is 0 Å². The molecule has 4 heteroatoms. The van der Waals surface area contributed by atoms with Gasteiger partial charge in [0.15, 0.2) is 0 Å². The van der Waals surface area contributed by atoms with Crippen LogP contribution in [0.5, 0.6) is 0 Å². The highest BCUT2D eigenvalue weighted by molar-refractivity contribution is 4.82. The fourth-order valence-corrected chi connectivity index (χ4v) is 2.26. The van der Waals surface area contributed by atoms with Crippen molar-refractivity contribution in [1.29, 1.82) is 0 Å². The molecule has 3 rings (SSSR count). The molecule has 0 amide bonds. The van der Waals surface area contributed by atoms with Gasteiger partial charge in [-0.05, 0) is 18.3 Å². The van der Waals surface area contributed by atoms with Crippen LogP contribution in [0.3, 0.4) is 0 Å². The fourth-order valence-electron chi connectivity index (χ4n) is 2.26. The van der Waals surface area contributed by atoms with Gasteiger partial charge in [-0.1, -0.05) is 25.7 Å². The van der Waals surface area contributed by atoms with Crippen LogP contribution in [0.15, 0.2) is 0 Å². The van der Waals surface area contributed by atoms with Crippen LogP contribution < -0.4 is 0 Å². The molecule has 1 heterocycles. The average molecular weight is 220 g/mol. The van der Waals surface area contributed by atoms with Crippen molar-refractivity contribution in [2.45, 2.75) is 32.1 Å². The predicted molar refractivity (Wildman–Crippen MR) is 58.3 cm³/mol. The van der Waals surface area contributed by atoms with Crippen molar-refractivity contribution in [3.63, 3.8) is 0 Å². The van der Waals surface area contributed by atoms with Crippen LogP contribution in [0, 0.1) is 11.8 Å². The molecule has 0 unspecified atom stereocenters. The van der Waals surface area contributed by atoms with Gasteiger partial charge in [0.1, 0.15) is 13.2 Å². The molecule has 0 aromatic carbocycles. The van der Waals surface area contributed by atoms with Crippen molar-refractivity contribution in [1.82, 2.24) is 0 Å². The summed E-state index contributed by atoms with van der Waals surface area (Å²) in [5.74, 6) is 2.34. The molecular formula is C11H24O4. The second-order valence-corrected chi connectivity index (χ2v) is 3.77. The molecule has 0 spiro atoms. The molecule has 2 aliphatic carbocycles. The van der Waals surface area contributed by atoms with E-state index in [4.69, 9.17) is 10.2 Å². The molecule has 15 heavy (non-hydrogen) atoms. The fraction of sp³-hybridized carbons (Fsp3) is 1.00. The molecule has 1 saturated heterocycles. The van der Waals surface area contributed by atoms with Crippen LogP contribution in [0.25, 0.3) is 0 Å². The number of aliphatic hydroxyl groups excluding tert-OH is 2. The Bertz CT molecular complexity index is 104. The lowest BCUT2D eigenvalue weighted by Gasteiger charge is -2.08. The average Bonchev–Trinajstić information content (AvgIpc) is 2.85. The van der Waals surface area contributed by atoms with E-state index in [0.717, 1.165) is 27.4 Å². The third-order valence-electron chi connectivity index (χ3n) is 2.97. The van der Waals surface area contributed by atoms with E-state index in [1.807, 2.05) is 0 Å². The number of aliphatic hydroxyl groups is 2. The van der Waals surface area contributed by atoms with Crippen molar-refractivity contribution in [3.05, 3.63) is 0 Å². The molecule has 4 nitrogen and oxygen atoms in total. The first-order valence-electron chi connectivity index (χ1n) is 5.59. The minimum atomic E-state index is 0.778. The lowest BCUT2D eigenvalue weighted by molar-refractivity contribution is -0.382. The summed E-state index contributed by atoms with van der Waals surface area (Å²) >= 11 is 0. The zero-order valence-corrected chi connectivity index (χ0v) is 9.82. The monoisotopic (exact) mass is 220 g/mol. The van der Waals surface area contributed by atoms with E-state index in [9.17, 15) is 0 Å². The van der Waals surface area contributed by atoms with Gasteiger partial charge in [0.05, 0.1) is 0 Å². The maximum atomic E-state index is 7.00. The van der Waals surface area contributed by atoms with E-state index in [1.54, 1.807) is 32.1 Å². The smallest absolute Gasteiger partial charge is 0.109 e. The molecule has 0 aromatic rings. The highest BCUT2D eigenvalue weighted by Crippen LogP contribution is 2.43. The molecule has 3 aliphatic rings. The van der Waals surface area contributed by atoms with E-state index in [1.165, 1.54) is 11.8 Å². The lowest BCUT2D eigenvalue weighted by Crippen LogP contribution is -2.14. The van der Waals surface area contributed by atoms with Crippen LogP contribution in [-0.2, 0) is 9.78 Å². The summed E-state index contributed by atoms with van der Waals surface area (Å²) in [5, 5.41) is 14.0. The Hall–Kier alpha value is -0.160. The van der Waals surface area contributed by atoms with Crippen LogP contribution in [0.2, 0.25) is 0 Å². The number of hydrogen-bond donors (Lipinski definition) is 2. The van der Waals surface area contributed by atoms with Gasteiger partial charge in [-0.3, -0.25) is 0 Å². The van der Waals surface area contributed by atoms with Crippen molar-refractivity contribution in [2.75, 3.05) is 27.4 Å². The Morgan fingerprint density at radius 2 is 1.00 bits per heavy atom. The van der Waals surface area contributed by atoms with Gasteiger partial charge >= 0.3 is 0 Å². The normalized spacial score (nSPS) is 29.6. The van der Waals surface area contributed by atoms with Crippen molar-refractivity contribution < 1.29 is 20.0 Å². The first kappa shape index (κ1) is 14.8. The summed E-state index contributed by atoms with van der Waals surface area (Å²) in [4.78, 5) is 8.44. The summed E-state index contributed by atoms with van der Waals surface area (Å²) in [5.41, 5.74) is 0. The summed E-state index contributed by atoms with van der Waals surface area (Å²) in [6, 6.07) is 0. The second kappa shape index (κ2) is 10.4. The topological polar surface area (TPSA) is 58.9 Å². The predicted octanol–water partition coefficient (Wildman–Crippen LogP) is 1.36. The Morgan fingerprint density at radius 3 is 1.07 bits per heavy atom. The highest BCUT2D eigenvalue weighted by Gasteiger charge is 2.30. The highest BCUT2D eigenvalue weighted by atomic mass is 17.2. The van der Waals surface area contributed by atoms with Gasteiger partial charge in [0, 0.05) is 14.2 Å². The Labute approximate surface area is 92.1 Å². The quantitative estimate of drug-likeness (QED) is 0.605. The first-order valence-corrected chi connectivity index (χ1v) is 5.59. The maximum Gasteiger partial charge on any atom is 0.109 e. The Kier molecular flexibility index (Phi) is 10.3. The SMILES string of the molecule is C1CC2CCC1C2.C1COO1.CO.CO. The third kappa shape index (κ3) is 6.10. The van der Waals surface area contributed by atoms with Crippen molar-refractivity contribution in [3.8, 4) is 0 Å². The van der Waals surface area contributed by atoms with Gasteiger partial charge in [0.25, 0.3) is 0 Å². The van der Waals surface area contributed by atoms with Gasteiger partial charge in [-0.15, -0.1) is 0 Å². The van der Waals surface area contributed by atoms with E-state index >= 15 is 0 Å². The van der Waals surface area contributed by atoms with Crippen LogP contribution in [0.1, 0.15) is 32.1 Å². The van der Waals surface area contributed by atoms with Gasteiger partial charge in [-0.2, -0.15) is 0 Å². The zero-order chi connectivity index (χ0) is 11.5. The van der Waals surface area contributed by atoms with Crippen LogP contribution >= 0.6 is 0 Å². The minimum Gasteiger partial charge on any atom is -0.400 e. The largest absolute Gasteiger partial charge is 0.400 e. The molecule has 92 valence electrons. The Balaban J connectivity index is 0.000000212. The lowest BCUT2D eigenvalue weighted by atomic mass is 10.0. The summed E-state index contributed by atoms with van der Waals surface area (Å²) in [6.07, 6.45) is 7.82. The molecule has 1 aliphatic heterocycles. The molecule has 0 aromatic heterocycles. The molecule has 0 radical (unpaired) electrons. The summed E-state index contributed by atoms with van der Waals surface area (Å²) in [7, 11) is 2.00. The minimum absolute atomic E-state index is 0.778. The van der Waals surface area contributed by atoms with Crippen LogP contribution in [0.4, 0.5) is 0 Å². The molecular weight excluding hydrogens is 196 g/mol. The molecule has 0 atom stereocenters. The molecule has 3 fully saturated rings. The number of hydrogen-bond acceptors (Lipinski definition) is 4. The molecule has 2 bridgehead atoms. The number of rotatable bonds is 0. The van der Waals surface area contributed by atoms with Crippen molar-refractivity contribution in [2.24, 2.45) is 11.8 Å². The summed E-state index contributed by atoms with van der Waals surface area (Å²) in [6.45, 7) is 1.56. The third-order valence-corrected chi connectivity index (χ3v) is 2.97. The zero-order valence-electron chi connectivity index (χ0n) is 9.82. The van der Waals surface area contributed by atoms with E-state index in [-0.39, 0.29) is 0 Å². The van der Waals surface area contributed by atoms with Gasteiger partial charge in [0.2, 0.25) is 0 Å². The molecule has 2 N–H and O–H groups in total.